The second-order valence-corrected chi connectivity index (χ2v) is 6.64. The molecule has 1 atom stereocenters. The van der Waals surface area contributed by atoms with E-state index in [4.69, 9.17) is 5.73 Å². The summed E-state index contributed by atoms with van der Waals surface area (Å²) < 4.78 is 0. The van der Waals surface area contributed by atoms with Crippen molar-refractivity contribution in [3.8, 4) is 0 Å². The molecule has 1 aromatic carbocycles. The molecule has 0 saturated heterocycles. The normalized spacial score (nSPS) is 12.1. The first kappa shape index (κ1) is 15.7. The van der Waals surface area contributed by atoms with Crippen LogP contribution >= 0.6 is 11.3 Å². The Kier molecular flexibility index (Phi) is 5.53. The van der Waals surface area contributed by atoms with Crippen LogP contribution in [0.5, 0.6) is 0 Å². The third kappa shape index (κ3) is 4.69. The van der Waals surface area contributed by atoms with Crippen molar-refractivity contribution >= 4 is 17.2 Å². The van der Waals surface area contributed by atoms with Crippen LogP contribution in [0, 0.1) is 13.8 Å². The summed E-state index contributed by atoms with van der Waals surface area (Å²) in [6.45, 7) is 4.75. The summed E-state index contributed by atoms with van der Waals surface area (Å²) in [5.41, 5.74) is 8.44. The van der Waals surface area contributed by atoms with Crippen LogP contribution in [0.15, 0.2) is 36.4 Å². The van der Waals surface area contributed by atoms with E-state index < -0.39 is 6.04 Å². The number of thiophene rings is 1. The van der Waals surface area contributed by atoms with Crippen LogP contribution in [0.4, 0.5) is 0 Å². The molecule has 0 radical (unpaired) electrons. The highest BCUT2D eigenvalue weighted by Gasteiger charge is 2.13. The van der Waals surface area contributed by atoms with E-state index in [9.17, 15) is 4.79 Å². The topological polar surface area (TPSA) is 55.1 Å². The van der Waals surface area contributed by atoms with E-state index in [0.29, 0.717) is 13.0 Å². The maximum absolute atomic E-state index is 12.0. The number of carbonyl (C=O) groups excluding carboxylic acids is 1. The molecule has 0 aliphatic carbocycles. The van der Waals surface area contributed by atoms with Crippen LogP contribution in [0.1, 0.15) is 27.3 Å². The van der Waals surface area contributed by atoms with Gasteiger partial charge in [-0.1, -0.05) is 30.3 Å². The maximum Gasteiger partial charge on any atom is 0.237 e. The van der Waals surface area contributed by atoms with Crippen LogP contribution in [0.3, 0.4) is 0 Å². The van der Waals surface area contributed by atoms with Crippen LogP contribution in [0.2, 0.25) is 0 Å². The number of nitrogens with two attached hydrogens (primary N) is 1. The molecule has 3 N–H and O–H groups in total. The lowest BCUT2D eigenvalue weighted by atomic mass is 10.1. The minimum absolute atomic E-state index is 0.0744. The number of nitrogens with one attached hydrogen (secondary N) is 1. The highest BCUT2D eigenvalue weighted by atomic mass is 32.1. The minimum Gasteiger partial charge on any atom is -0.350 e. The van der Waals surface area contributed by atoms with Crippen molar-refractivity contribution in [1.82, 2.24) is 5.32 Å². The van der Waals surface area contributed by atoms with Gasteiger partial charge in [0.25, 0.3) is 0 Å². The zero-order chi connectivity index (χ0) is 15.2. The van der Waals surface area contributed by atoms with Gasteiger partial charge in [0.15, 0.2) is 0 Å². The Morgan fingerprint density at radius 2 is 2.00 bits per heavy atom. The van der Waals surface area contributed by atoms with Gasteiger partial charge in [0, 0.05) is 9.75 Å². The first-order valence-electron chi connectivity index (χ1n) is 7.19. The molecule has 0 fully saturated rings. The Bertz CT molecular complexity index is 573. The largest absolute Gasteiger partial charge is 0.350 e. The van der Waals surface area contributed by atoms with Crippen LogP contribution in [-0.4, -0.2) is 11.9 Å². The first-order valence-corrected chi connectivity index (χ1v) is 8.01. The van der Waals surface area contributed by atoms with E-state index in [2.05, 4.69) is 37.4 Å². The molecule has 1 amide bonds. The fourth-order valence-electron chi connectivity index (χ4n) is 2.14. The van der Waals surface area contributed by atoms with Gasteiger partial charge in [-0.2, -0.15) is 0 Å². The number of amides is 1. The molecular weight excluding hydrogens is 280 g/mol. The Hall–Kier alpha value is -1.65. The van der Waals surface area contributed by atoms with Crippen molar-refractivity contribution < 1.29 is 4.79 Å². The zero-order valence-corrected chi connectivity index (χ0v) is 13.4. The molecule has 21 heavy (non-hydrogen) atoms. The summed E-state index contributed by atoms with van der Waals surface area (Å²) in [5, 5.41) is 2.92. The third-order valence-corrected chi connectivity index (χ3v) is 4.73. The average molecular weight is 302 g/mol. The minimum atomic E-state index is -0.452. The average Bonchev–Trinajstić information content (AvgIpc) is 2.82. The van der Waals surface area contributed by atoms with Crippen molar-refractivity contribution in [3.05, 3.63) is 57.3 Å². The quantitative estimate of drug-likeness (QED) is 0.862. The molecule has 0 spiro atoms. The molecule has 0 aliphatic heterocycles. The molecule has 4 heteroatoms. The van der Waals surface area contributed by atoms with E-state index in [1.165, 1.54) is 20.9 Å². The summed E-state index contributed by atoms with van der Waals surface area (Å²) in [5.74, 6) is -0.0744. The highest BCUT2D eigenvalue weighted by Crippen LogP contribution is 2.20. The van der Waals surface area contributed by atoms with Gasteiger partial charge in [-0.3, -0.25) is 4.79 Å². The Labute approximate surface area is 130 Å². The summed E-state index contributed by atoms with van der Waals surface area (Å²) in [6.07, 6.45) is 1.49. The molecule has 1 unspecified atom stereocenters. The maximum atomic E-state index is 12.0. The van der Waals surface area contributed by atoms with Gasteiger partial charge in [-0.15, -0.1) is 11.3 Å². The molecule has 112 valence electrons. The lowest BCUT2D eigenvalue weighted by molar-refractivity contribution is -0.122. The number of carbonyl (C=O) groups is 1. The Morgan fingerprint density at radius 1 is 1.29 bits per heavy atom. The van der Waals surface area contributed by atoms with E-state index in [1.807, 2.05) is 18.2 Å². The molecule has 0 aliphatic rings. The highest BCUT2D eigenvalue weighted by molar-refractivity contribution is 7.12. The van der Waals surface area contributed by atoms with Crippen LogP contribution in [0.25, 0.3) is 0 Å². The molecule has 2 rings (SSSR count). The Balaban J connectivity index is 1.77. The van der Waals surface area contributed by atoms with Crippen molar-refractivity contribution in [3.63, 3.8) is 0 Å². The SMILES string of the molecule is Cc1cc(CNC(=O)C(N)CCc2ccccc2)sc1C. The second kappa shape index (κ2) is 7.38. The van der Waals surface area contributed by atoms with E-state index >= 15 is 0 Å². The predicted molar refractivity (Wildman–Crippen MR) is 88.4 cm³/mol. The van der Waals surface area contributed by atoms with Crippen LogP contribution < -0.4 is 11.1 Å². The summed E-state index contributed by atoms with van der Waals surface area (Å²) in [4.78, 5) is 14.5. The fourth-order valence-corrected chi connectivity index (χ4v) is 3.13. The number of rotatable bonds is 6. The number of benzene rings is 1. The molecule has 0 bridgehead atoms. The van der Waals surface area contributed by atoms with Gasteiger partial charge >= 0.3 is 0 Å². The van der Waals surface area contributed by atoms with Crippen molar-refractivity contribution in [2.24, 2.45) is 5.73 Å². The summed E-state index contributed by atoms with van der Waals surface area (Å²) in [7, 11) is 0. The van der Waals surface area contributed by atoms with Gasteiger partial charge in [0.1, 0.15) is 0 Å². The van der Waals surface area contributed by atoms with Crippen molar-refractivity contribution in [1.29, 1.82) is 0 Å². The first-order chi connectivity index (χ1) is 10.1. The molecular formula is C17H22N2OS. The number of hydrogen-bond acceptors (Lipinski definition) is 3. The lowest BCUT2D eigenvalue weighted by Crippen LogP contribution is -2.40. The predicted octanol–water partition coefficient (Wildman–Crippen LogP) is 2.94. The number of aryl methyl sites for hydroxylation is 3. The smallest absolute Gasteiger partial charge is 0.237 e. The van der Waals surface area contributed by atoms with Crippen molar-refractivity contribution in [2.45, 2.75) is 39.3 Å². The molecule has 3 nitrogen and oxygen atoms in total. The molecule has 2 aromatic rings. The molecule has 1 heterocycles. The summed E-state index contributed by atoms with van der Waals surface area (Å²) >= 11 is 1.72. The van der Waals surface area contributed by atoms with Gasteiger partial charge < -0.3 is 11.1 Å². The molecule has 0 saturated carbocycles. The van der Waals surface area contributed by atoms with Crippen LogP contribution in [-0.2, 0) is 17.8 Å². The van der Waals surface area contributed by atoms with Gasteiger partial charge in [-0.25, -0.2) is 0 Å². The fraction of sp³-hybridized carbons (Fsp3) is 0.353. The standard InChI is InChI=1S/C17H22N2OS/c1-12-10-15(21-13(12)2)11-19-17(20)16(18)9-8-14-6-4-3-5-7-14/h3-7,10,16H,8-9,11,18H2,1-2H3,(H,19,20). The molecule has 1 aromatic heterocycles. The Morgan fingerprint density at radius 3 is 2.62 bits per heavy atom. The van der Waals surface area contributed by atoms with Gasteiger partial charge in [-0.05, 0) is 43.9 Å². The number of hydrogen-bond donors (Lipinski definition) is 2. The van der Waals surface area contributed by atoms with Gasteiger partial charge in [0.2, 0.25) is 5.91 Å². The summed E-state index contributed by atoms with van der Waals surface area (Å²) in [6, 6.07) is 11.8. The van der Waals surface area contributed by atoms with E-state index in [1.54, 1.807) is 11.3 Å². The van der Waals surface area contributed by atoms with E-state index in [-0.39, 0.29) is 5.91 Å². The van der Waals surface area contributed by atoms with Gasteiger partial charge in [0.05, 0.1) is 12.6 Å². The third-order valence-electron chi connectivity index (χ3n) is 3.58. The monoisotopic (exact) mass is 302 g/mol. The van der Waals surface area contributed by atoms with E-state index in [0.717, 1.165) is 6.42 Å². The zero-order valence-electron chi connectivity index (χ0n) is 12.6. The van der Waals surface area contributed by atoms with Crippen molar-refractivity contribution in [2.75, 3.05) is 0 Å². The lowest BCUT2D eigenvalue weighted by Gasteiger charge is -2.11. The second-order valence-electron chi connectivity index (χ2n) is 5.30.